The van der Waals surface area contributed by atoms with Gasteiger partial charge in [0, 0.05) is 25.6 Å². The molecule has 0 bridgehead atoms. The Labute approximate surface area is 144 Å². The molecule has 1 aliphatic heterocycles. The first kappa shape index (κ1) is 18.1. The minimum Gasteiger partial charge on any atom is -0.497 e. The molecule has 1 amide bonds. The maximum atomic E-state index is 12.0. The van der Waals surface area contributed by atoms with Crippen molar-refractivity contribution >= 4 is 17.7 Å². The number of hydrogen-bond acceptors (Lipinski definition) is 4. The molecule has 0 saturated carbocycles. The van der Waals surface area contributed by atoms with Crippen LogP contribution in [-0.2, 0) is 11.3 Å². The lowest BCUT2D eigenvalue weighted by Gasteiger charge is -2.25. The van der Waals surface area contributed by atoms with Gasteiger partial charge in [-0.1, -0.05) is 12.1 Å². The zero-order valence-corrected chi connectivity index (χ0v) is 15.0. The number of amides is 1. The van der Waals surface area contributed by atoms with E-state index in [4.69, 9.17) is 4.74 Å². The Morgan fingerprint density at radius 1 is 1.35 bits per heavy atom. The summed E-state index contributed by atoms with van der Waals surface area (Å²) < 4.78 is 5.17. The highest BCUT2D eigenvalue weighted by Gasteiger charge is 2.29. The van der Waals surface area contributed by atoms with E-state index in [9.17, 15) is 4.79 Å². The van der Waals surface area contributed by atoms with Crippen LogP contribution in [0.1, 0.15) is 31.2 Å². The minimum absolute atomic E-state index is 0.339. The van der Waals surface area contributed by atoms with E-state index in [-0.39, 0.29) is 0 Å². The molecule has 0 spiro atoms. The Balaban J connectivity index is 1.68. The maximum Gasteiger partial charge on any atom is 0.222 e. The Morgan fingerprint density at radius 3 is 2.83 bits per heavy atom. The van der Waals surface area contributed by atoms with Crippen molar-refractivity contribution in [3.8, 4) is 5.75 Å². The van der Waals surface area contributed by atoms with Gasteiger partial charge in [0.25, 0.3) is 0 Å². The molecule has 1 fully saturated rings. The molecule has 0 unspecified atom stereocenters. The highest BCUT2D eigenvalue weighted by molar-refractivity contribution is 7.98. The predicted molar refractivity (Wildman–Crippen MR) is 97.1 cm³/mol. The van der Waals surface area contributed by atoms with E-state index in [1.54, 1.807) is 7.11 Å². The molecule has 2 rings (SSSR count). The van der Waals surface area contributed by atoms with Crippen molar-refractivity contribution in [2.75, 3.05) is 32.2 Å². The van der Waals surface area contributed by atoms with Crippen molar-refractivity contribution in [1.29, 1.82) is 0 Å². The van der Waals surface area contributed by atoms with Crippen LogP contribution in [0.2, 0.25) is 0 Å². The minimum atomic E-state index is 0.339. The average Bonchev–Trinajstić information content (AvgIpc) is 2.93. The molecule has 0 aliphatic carbocycles. The number of rotatable bonds is 10. The molecule has 1 N–H and O–H groups in total. The Hall–Kier alpha value is -1.20. The molecular weight excluding hydrogens is 308 g/mol. The predicted octanol–water partition coefficient (Wildman–Crippen LogP) is 2.92. The summed E-state index contributed by atoms with van der Waals surface area (Å²) in [5.74, 6) is 2.36. The van der Waals surface area contributed by atoms with E-state index in [0.29, 0.717) is 11.9 Å². The fraction of sp³-hybridized carbons (Fsp3) is 0.611. The van der Waals surface area contributed by atoms with Crippen molar-refractivity contribution < 1.29 is 9.53 Å². The molecule has 1 aromatic rings. The van der Waals surface area contributed by atoms with Crippen LogP contribution in [0.4, 0.5) is 0 Å². The highest BCUT2D eigenvalue weighted by atomic mass is 32.2. The molecule has 1 heterocycles. The molecule has 1 atom stereocenters. The van der Waals surface area contributed by atoms with Gasteiger partial charge in [0.2, 0.25) is 5.91 Å². The normalized spacial score (nSPS) is 17.7. The van der Waals surface area contributed by atoms with Crippen molar-refractivity contribution in [3.63, 3.8) is 0 Å². The molecule has 4 nitrogen and oxygen atoms in total. The summed E-state index contributed by atoms with van der Waals surface area (Å²) in [5.41, 5.74) is 1.25. The molecule has 5 heteroatoms. The number of nitrogens with zero attached hydrogens (tertiary/aromatic N) is 1. The van der Waals surface area contributed by atoms with Crippen molar-refractivity contribution in [3.05, 3.63) is 29.8 Å². The van der Waals surface area contributed by atoms with Gasteiger partial charge in [0.15, 0.2) is 0 Å². The third kappa shape index (κ3) is 5.74. The SMILES string of the molecule is COc1ccc(CNCC[C@@H]2CCC(=O)N2CCCSC)cc1. The van der Waals surface area contributed by atoms with Crippen LogP contribution >= 0.6 is 11.8 Å². The lowest BCUT2D eigenvalue weighted by molar-refractivity contribution is -0.129. The van der Waals surface area contributed by atoms with E-state index < -0.39 is 0 Å². The lowest BCUT2D eigenvalue weighted by Crippen LogP contribution is -2.36. The number of methoxy groups -OCH3 is 1. The van der Waals surface area contributed by atoms with Crippen molar-refractivity contribution in [2.24, 2.45) is 0 Å². The highest BCUT2D eigenvalue weighted by Crippen LogP contribution is 2.21. The van der Waals surface area contributed by atoms with Gasteiger partial charge in [-0.25, -0.2) is 0 Å². The number of likely N-dealkylation sites (tertiary alicyclic amines) is 1. The summed E-state index contributed by atoms with van der Waals surface area (Å²) in [6.07, 6.45) is 6.00. The number of ether oxygens (including phenoxy) is 1. The van der Waals surface area contributed by atoms with E-state index in [0.717, 1.165) is 56.8 Å². The van der Waals surface area contributed by atoms with Gasteiger partial charge in [0.1, 0.15) is 5.75 Å². The van der Waals surface area contributed by atoms with E-state index >= 15 is 0 Å². The van der Waals surface area contributed by atoms with Gasteiger partial charge in [-0.05, 0) is 55.5 Å². The largest absolute Gasteiger partial charge is 0.497 e. The van der Waals surface area contributed by atoms with Crippen LogP contribution in [-0.4, -0.2) is 49.1 Å². The average molecular weight is 337 g/mol. The molecule has 128 valence electrons. The standard InChI is InChI=1S/C18H28N2O2S/c1-22-17-7-4-15(5-8-17)14-19-11-10-16-6-9-18(21)20(16)12-3-13-23-2/h4-5,7-8,16,19H,3,6,9-14H2,1-2H3/t16-/m0/s1. The molecule has 1 aromatic carbocycles. The number of carbonyl (C=O) groups excluding carboxylic acids is 1. The van der Waals surface area contributed by atoms with E-state index in [2.05, 4.69) is 28.6 Å². The van der Waals surface area contributed by atoms with Gasteiger partial charge in [-0.2, -0.15) is 11.8 Å². The van der Waals surface area contributed by atoms with Crippen LogP contribution in [0.25, 0.3) is 0 Å². The quantitative estimate of drug-likeness (QED) is 0.667. The topological polar surface area (TPSA) is 41.6 Å². The molecule has 1 saturated heterocycles. The van der Waals surface area contributed by atoms with Crippen LogP contribution < -0.4 is 10.1 Å². The number of nitrogens with one attached hydrogen (secondary N) is 1. The summed E-state index contributed by atoms with van der Waals surface area (Å²) in [6, 6.07) is 8.56. The smallest absolute Gasteiger partial charge is 0.222 e. The second-order valence-corrected chi connectivity index (χ2v) is 6.93. The van der Waals surface area contributed by atoms with Crippen molar-refractivity contribution in [2.45, 2.75) is 38.3 Å². The first-order valence-electron chi connectivity index (χ1n) is 8.36. The van der Waals surface area contributed by atoms with Crippen LogP contribution in [0.5, 0.6) is 5.75 Å². The molecule has 0 radical (unpaired) electrons. The number of hydrogen-bond donors (Lipinski definition) is 1. The zero-order valence-electron chi connectivity index (χ0n) is 14.2. The fourth-order valence-electron chi connectivity index (χ4n) is 3.02. The van der Waals surface area contributed by atoms with E-state index in [1.165, 1.54) is 5.56 Å². The van der Waals surface area contributed by atoms with Gasteiger partial charge in [-0.15, -0.1) is 0 Å². The first-order chi connectivity index (χ1) is 11.2. The zero-order chi connectivity index (χ0) is 16.5. The van der Waals surface area contributed by atoms with Crippen LogP contribution in [0.15, 0.2) is 24.3 Å². The summed E-state index contributed by atoms with van der Waals surface area (Å²) in [7, 11) is 1.68. The molecule has 23 heavy (non-hydrogen) atoms. The van der Waals surface area contributed by atoms with Gasteiger partial charge in [0.05, 0.1) is 7.11 Å². The molecule has 1 aliphatic rings. The summed E-state index contributed by atoms with van der Waals surface area (Å²) >= 11 is 1.85. The number of carbonyl (C=O) groups is 1. The summed E-state index contributed by atoms with van der Waals surface area (Å²) in [5, 5.41) is 3.49. The third-order valence-electron chi connectivity index (χ3n) is 4.34. The maximum absolute atomic E-state index is 12.0. The van der Waals surface area contributed by atoms with E-state index in [1.807, 2.05) is 23.9 Å². The third-order valence-corrected chi connectivity index (χ3v) is 5.04. The van der Waals surface area contributed by atoms with Gasteiger partial charge in [-0.3, -0.25) is 4.79 Å². The Morgan fingerprint density at radius 2 is 2.13 bits per heavy atom. The summed E-state index contributed by atoms with van der Waals surface area (Å²) in [6.45, 7) is 2.73. The molecular formula is C18H28N2O2S. The second-order valence-electron chi connectivity index (χ2n) is 5.94. The Bertz CT molecular complexity index is 478. The van der Waals surface area contributed by atoms with Gasteiger partial charge < -0.3 is 15.0 Å². The fourth-order valence-corrected chi connectivity index (χ4v) is 3.44. The number of benzene rings is 1. The van der Waals surface area contributed by atoms with Crippen LogP contribution in [0, 0.1) is 0 Å². The van der Waals surface area contributed by atoms with Crippen molar-refractivity contribution in [1.82, 2.24) is 10.2 Å². The second kappa shape index (κ2) is 9.83. The van der Waals surface area contributed by atoms with Gasteiger partial charge >= 0.3 is 0 Å². The number of thioether (sulfide) groups is 1. The Kier molecular flexibility index (Phi) is 7.76. The van der Waals surface area contributed by atoms with Crippen LogP contribution in [0.3, 0.4) is 0 Å². The first-order valence-corrected chi connectivity index (χ1v) is 9.76. The molecule has 0 aromatic heterocycles. The lowest BCUT2D eigenvalue weighted by atomic mass is 10.1. The monoisotopic (exact) mass is 336 g/mol. The summed E-state index contributed by atoms with van der Waals surface area (Å²) in [4.78, 5) is 14.1.